The third kappa shape index (κ3) is 5.71. The Morgan fingerprint density at radius 2 is 1.86 bits per heavy atom. The number of benzene rings is 2. The average molecular weight is 512 g/mol. The number of ether oxygens (including phenoxy) is 1. The van der Waals surface area contributed by atoms with Gasteiger partial charge in [-0.3, -0.25) is 4.79 Å². The van der Waals surface area contributed by atoms with Crippen molar-refractivity contribution < 1.29 is 36.6 Å². The summed E-state index contributed by atoms with van der Waals surface area (Å²) < 4.78 is 74.6. The summed E-state index contributed by atoms with van der Waals surface area (Å²) in [5.74, 6) is -2.16. The number of amides is 1. The topological polar surface area (TPSA) is 80.5 Å². The van der Waals surface area contributed by atoms with Crippen LogP contribution in [-0.4, -0.2) is 56.5 Å². The molecule has 2 atom stereocenters. The molecular formula is C24H25F5N4O3. The van der Waals surface area contributed by atoms with Gasteiger partial charge in [-0.05, 0) is 44.2 Å². The number of alkyl halides is 3. The van der Waals surface area contributed by atoms with E-state index in [2.05, 4.69) is 10.1 Å². The van der Waals surface area contributed by atoms with Crippen LogP contribution in [0.4, 0.5) is 22.0 Å². The summed E-state index contributed by atoms with van der Waals surface area (Å²) in [5.41, 5.74) is -2.25. The largest absolute Gasteiger partial charge is 0.416 e. The first-order valence-corrected chi connectivity index (χ1v) is 11.0. The van der Waals surface area contributed by atoms with Crippen molar-refractivity contribution in [3.63, 3.8) is 0 Å². The Bertz CT molecular complexity index is 1160. The Kier molecular flexibility index (Phi) is 8.41. The van der Waals surface area contributed by atoms with Gasteiger partial charge in [0.25, 0.3) is 5.91 Å². The predicted molar refractivity (Wildman–Crippen MR) is 119 cm³/mol. The number of hydrogen-bond acceptors (Lipinski definition) is 5. The molecule has 3 aromatic rings. The summed E-state index contributed by atoms with van der Waals surface area (Å²) in [7, 11) is 0. The average Bonchev–Trinajstić information content (AvgIpc) is 3.33. The zero-order valence-electron chi connectivity index (χ0n) is 19.5. The van der Waals surface area contributed by atoms with Crippen LogP contribution in [0.5, 0.6) is 0 Å². The molecule has 0 spiro atoms. The number of aliphatic hydroxyl groups is 1. The highest BCUT2D eigenvalue weighted by atomic mass is 19.4. The Morgan fingerprint density at radius 3 is 2.42 bits per heavy atom. The second-order valence-electron chi connectivity index (χ2n) is 8.02. The minimum Gasteiger partial charge on any atom is -0.397 e. The number of carbonyl (C=O) groups excluding carboxylic acids is 1. The van der Waals surface area contributed by atoms with Gasteiger partial charge < -0.3 is 14.7 Å². The van der Waals surface area contributed by atoms with Crippen molar-refractivity contribution in [3.05, 3.63) is 83.4 Å². The summed E-state index contributed by atoms with van der Waals surface area (Å²) in [6.07, 6.45) is -1.84. The molecule has 0 saturated carbocycles. The first-order valence-electron chi connectivity index (χ1n) is 11.0. The molecule has 2 heterocycles. The van der Waals surface area contributed by atoms with Crippen LogP contribution in [0.1, 0.15) is 35.3 Å². The number of rotatable bonds is 4. The fourth-order valence-corrected chi connectivity index (χ4v) is 4.09. The van der Waals surface area contributed by atoms with E-state index < -0.39 is 40.9 Å². The molecule has 1 aromatic heterocycles. The highest BCUT2D eigenvalue weighted by molar-refractivity contribution is 5.94. The second-order valence-corrected chi connectivity index (χ2v) is 8.02. The number of carbonyl (C=O) groups is 1. The van der Waals surface area contributed by atoms with Crippen LogP contribution in [-0.2, 0) is 23.1 Å². The quantitative estimate of drug-likeness (QED) is 0.534. The Labute approximate surface area is 204 Å². The van der Waals surface area contributed by atoms with Crippen LogP contribution in [0.15, 0.2) is 55.1 Å². The van der Waals surface area contributed by atoms with Gasteiger partial charge in [0.1, 0.15) is 29.9 Å². The van der Waals surface area contributed by atoms with E-state index in [0.29, 0.717) is 0 Å². The van der Waals surface area contributed by atoms with Crippen molar-refractivity contribution in [1.82, 2.24) is 19.7 Å². The summed E-state index contributed by atoms with van der Waals surface area (Å²) in [6, 6.07) is 6.16. The van der Waals surface area contributed by atoms with Gasteiger partial charge in [-0.15, -0.1) is 0 Å². The summed E-state index contributed by atoms with van der Waals surface area (Å²) in [6.45, 7) is 3.68. The van der Waals surface area contributed by atoms with Crippen LogP contribution >= 0.6 is 0 Å². The van der Waals surface area contributed by atoms with Crippen LogP contribution in [0.25, 0.3) is 0 Å². The summed E-state index contributed by atoms with van der Waals surface area (Å²) in [5, 5.41) is 11.6. The van der Waals surface area contributed by atoms with Gasteiger partial charge in [0.05, 0.1) is 24.8 Å². The molecule has 194 valence electrons. The first-order chi connectivity index (χ1) is 17.0. The Morgan fingerprint density at radius 1 is 1.19 bits per heavy atom. The van der Waals surface area contributed by atoms with Crippen LogP contribution in [0, 0.1) is 11.6 Å². The number of halogens is 5. The van der Waals surface area contributed by atoms with Crippen molar-refractivity contribution >= 4 is 5.91 Å². The first kappa shape index (κ1) is 27.2. The second kappa shape index (κ2) is 11.1. The monoisotopic (exact) mass is 512 g/mol. The van der Waals surface area contributed by atoms with Gasteiger partial charge in [0.2, 0.25) is 0 Å². The molecule has 0 aliphatic carbocycles. The van der Waals surface area contributed by atoms with E-state index in [9.17, 15) is 26.7 Å². The van der Waals surface area contributed by atoms with E-state index in [1.807, 2.05) is 0 Å². The highest BCUT2D eigenvalue weighted by Crippen LogP contribution is 2.39. The van der Waals surface area contributed by atoms with Gasteiger partial charge in [0.15, 0.2) is 0 Å². The minimum absolute atomic E-state index is 0.0161. The van der Waals surface area contributed by atoms with Crippen molar-refractivity contribution in [1.29, 1.82) is 0 Å². The number of aromatic nitrogens is 3. The molecule has 12 heteroatoms. The van der Waals surface area contributed by atoms with Gasteiger partial charge >= 0.3 is 6.18 Å². The Hall–Kier alpha value is -3.38. The van der Waals surface area contributed by atoms with E-state index in [-0.39, 0.29) is 37.4 Å². The van der Waals surface area contributed by atoms with E-state index >= 15 is 0 Å². The van der Waals surface area contributed by atoms with E-state index in [4.69, 9.17) is 9.84 Å². The number of morpholine rings is 1. The molecule has 1 aliphatic heterocycles. The summed E-state index contributed by atoms with van der Waals surface area (Å²) in [4.78, 5) is 18.5. The molecular weight excluding hydrogens is 487 g/mol. The van der Waals surface area contributed by atoms with E-state index in [1.54, 1.807) is 13.8 Å². The maximum absolute atomic E-state index is 14.9. The fourth-order valence-electron chi connectivity index (χ4n) is 4.09. The zero-order chi connectivity index (χ0) is 26.5. The maximum atomic E-state index is 14.9. The molecule has 1 fully saturated rings. The third-order valence-electron chi connectivity index (χ3n) is 5.80. The van der Waals surface area contributed by atoms with Gasteiger partial charge in [0, 0.05) is 30.3 Å². The SMILES string of the molecule is CCO.C[C@H]1N(C(=O)c2ccc(C(F)(F)F)cc2)CCO[C@@]1(Cn1cncn1)c1ccc(F)cc1F. The lowest BCUT2D eigenvalue weighted by molar-refractivity contribution is -0.149. The molecule has 2 aromatic carbocycles. The molecule has 1 N–H and O–H groups in total. The lowest BCUT2D eigenvalue weighted by atomic mass is 9.83. The molecule has 0 bridgehead atoms. The maximum Gasteiger partial charge on any atom is 0.416 e. The van der Waals surface area contributed by atoms with Crippen LogP contribution in [0.2, 0.25) is 0 Å². The van der Waals surface area contributed by atoms with Gasteiger partial charge in [-0.2, -0.15) is 18.3 Å². The molecule has 36 heavy (non-hydrogen) atoms. The van der Waals surface area contributed by atoms with Crippen LogP contribution < -0.4 is 0 Å². The Balaban J connectivity index is 0.00000115. The smallest absolute Gasteiger partial charge is 0.397 e. The lowest BCUT2D eigenvalue weighted by Gasteiger charge is -2.48. The van der Waals surface area contributed by atoms with Crippen molar-refractivity contribution in [2.24, 2.45) is 0 Å². The lowest BCUT2D eigenvalue weighted by Crippen LogP contribution is -2.60. The van der Waals surface area contributed by atoms with Crippen molar-refractivity contribution in [3.8, 4) is 0 Å². The fraction of sp³-hybridized carbons (Fsp3) is 0.375. The van der Waals surface area contributed by atoms with Gasteiger partial charge in [-0.25, -0.2) is 18.4 Å². The molecule has 1 saturated heterocycles. The van der Waals surface area contributed by atoms with E-state index in [1.165, 1.54) is 28.3 Å². The minimum atomic E-state index is -4.53. The molecule has 0 unspecified atom stereocenters. The number of aliphatic hydroxyl groups excluding tert-OH is 1. The summed E-state index contributed by atoms with van der Waals surface area (Å²) >= 11 is 0. The number of hydrogen-bond donors (Lipinski definition) is 1. The van der Waals surface area contributed by atoms with Crippen molar-refractivity contribution in [2.75, 3.05) is 19.8 Å². The molecule has 1 aliphatic rings. The van der Waals surface area contributed by atoms with Crippen molar-refractivity contribution in [2.45, 2.75) is 38.2 Å². The molecule has 0 radical (unpaired) electrons. The zero-order valence-corrected chi connectivity index (χ0v) is 19.5. The molecule has 1 amide bonds. The molecule has 7 nitrogen and oxygen atoms in total. The normalized spacial score (nSPS) is 20.0. The standard InChI is InChI=1S/C22H19F5N4O2.C2H6O/c1-14-21(11-30-13-28-12-29-30,18-7-6-17(23)10-19(18)24)33-9-8-31(14)20(32)15-2-4-16(5-3-15)22(25,26)27;1-2-3/h2-7,10,12-14H,8-9,11H2,1H3;3H,2H2,1H3/t14-,21-;/m1./s1. The van der Waals surface area contributed by atoms with E-state index in [0.717, 1.165) is 36.4 Å². The number of nitrogens with zero attached hydrogens (tertiary/aromatic N) is 4. The predicted octanol–water partition coefficient (Wildman–Crippen LogP) is 4.03. The highest BCUT2D eigenvalue weighted by Gasteiger charge is 2.49. The van der Waals surface area contributed by atoms with Gasteiger partial charge in [-0.1, -0.05) is 6.07 Å². The third-order valence-corrected chi connectivity index (χ3v) is 5.80. The van der Waals surface area contributed by atoms with Crippen LogP contribution in [0.3, 0.4) is 0 Å². The molecule has 4 rings (SSSR count).